The highest BCUT2D eigenvalue weighted by atomic mass is 16.7. The standard InChI is InChI=1S/C21H22O11/c1-7-15(26)17(28)18(29)21(30-7)32-20-16(27)14-12(25)5-9(22)6-13(14)31-19(20)8-2-3-10(23)11(24)4-8/h2-7,15,17-26,28-29H,1H3/t7-,15-,17+,18+,19-,20-,21-/m0/s1. The van der Waals surface area contributed by atoms with Gasteiger partial charge in [-0.3, -0.25) is 4.79 Å². The zero-order valence-electron chi connectivity index (χ0n) is 16.7. The molecule has 0 aromatic heterocycles. The van der Waals surface area contributed by atoms with Gasteiger partial charge in [0.2, 0.25) is 5.78 Å². The molecule has 4 rings (SSSR count). The number of aromatic hydroxyl groups is 4. The summed E-state index contributed by atoms with van der Waals surface area (Å²) in [6, 6.07) is 5.72. The molecule has 2 aliphatic rings. The van der Waals surface area contributed by atoms with E-state index in [1.165, 1.54) is 19.1 Å². The lowest BCUT2D eigenvalue weighted by atomic mass is 9.92. The summed E-state index contributed by atoms with van der Waals surface area (Å²) in [6.07, 6.45) is -10.0. The fourth-order valence-corrected chi connectivity index (χ4v) is 3.77. The van der Waals surface area contributed by atoms with E-state index in [-0.39, 0.29) is 22.6 Å². The van der Waals surface area contributed by atoms with E-state index in [4.69, 9.17) is 14.2 Å². The minimum absolute atomic E-state index is 0.154. The van der Waals surface area contributed by atoms with Crippen molar-refractivity contribution in [1.82, 2.24) is 0 Å². The van der Waals surface area contributed by atoms with E-state index in [9.17, 15) is 40.5 Å². The van der Waals surface area contributed by atoms with Crippen molar-refractivity contribution < 1.29 is 54.8 Å². The molecule has 172 valence electrons. The van der Waals surface area contributed by atoms with E-state index in [0.29, 0.717) is 0 Å². The average molecular weight is 450 g/mol. The SMILES string of the molecule is C[C@@H]1O[C@@H](O[C@H]2C(=O)c3c(O)cc(O)cc3O[C@H]2c2ccc(O)c(O)c2)[C@H](O)[C@H](O)[C@H]1O. The first-order valence-electron chi connectivity index (χ1n) is 9.72. The number of ether oxygens (including phenoxy) is 3. The minimum Gasteiger partial charge on any atom is -0.508 e. The molecule has 2 aliphatic heterocycles. The molecule has 11 nitrogen and oxygen atoms in total. The van der Waals surface area contributed by atoms with Crippen LogP contribution in [0.25, 0.3) is 0 Å². The fourth-order valence-electron chi connectivity index (χ4n) is 3.77. The van der Waals surface area contributed by atoms with Crippen LogP contribution >= 0.6 is 0 Å². The zero-order valence-corrected chi connectivity index (χ0v) is 16.7. The smallest absolute Gasteiger partial charge is 0.203 e. The molecule has 0 radical (unpaired) electrons. The molecule has 2 heterocycles. The van der Waals surface area contributed by atoms with Crippen LogP contribution in [0.5, 0.6) is 28.7 Å². The van der Waals surface area contributed by atoms with Crippen LogP contribution < -0.4 is 4.74 Å². The Morgan fingerprint density at radius 1 is 0.875 bits per heavy atom. The van der Waals surface area contributed by atoms with Gasteiger partial charge in [-0.1, -0.05) is 6.07 Å². The minimum atomic E-state index is -1.71. The molecule has 0 aliphatic carbocycles. The maximum absolute atomic E-state index is 13.3. The number of hydrogen-bond donors (Lipinski definition) is 7. The molecular weight excluding hydrogens is 428 g/mol. The average Bonchev–Trinajstić information content (AvgIpc) is 2.73. The third-order valence-electron chi connectivity index (χ3n) is 5.52. The Bertz CT molecular complexity index is 1040. The number of rotatable bonds is 3. The van der Waals surface area contributed by atoms with E-state index in [1.807, 2.05) is 0 Å². The third kappa shape index (κ3) is 3.70. The number of fused-ring (bicyclic) bond motifs is 1. The van der Waals surface area contributed by atoms with Crippen molar-refractivity contribution in [1.29, 1.82) is 0 Å². The molecule has 0 bridgehead atoms. The largest absolute Gasteiger partial charge is 0.508 e. The highest BCUT2D eigenvalue weighted by Crippen LogP contribution is 2.44. The number of ketones is 1. The van der Waals surface area contributed by atoms with Crippen molar-refractivity contribution >= 4 is 5.78 Å². The number of phenolic OH excluding ortho intramolecular Hbond substituents is 4. The third-order valence-corrected chi connectivity index (χ3v) is 5.52. The molecule has 0 spiro atoms. The van der Waals surface area contributed by atoms with Gasteiger partial charge in [0.15, 0.2) is 30.0 Å². The van der Waals surface area contributed by atoms with Crippen LogP contribution in [-0.4, -0.2) is 78.3 Å². The summed E-state index contributed by atoms with van der Waals surface area (Å²) >= 11 is 0. The van der Waals surface area contributed by atoms with Gasteiger partial charge in [0.1, 0.15) is 41.1 Å². The lowest BCUT2D eigenvalue weighted by molar-refractivity contribution is -0.304. The lowest BCUT2D eigenvalue weighted by Gasteiger charge is -2.42. The summed E-state index contributed by atoms with van der Waals surface area (Å²) in [5.41, 5.74) is -0.1000. The Morgan fingerprint density at radius 3 is 2.28 bits per heavy atom. The van der Waals surface area contributed by atoms with Crippen LogP contribution in [0.15, 0.2) is 30.3 Å². The van der Waals surface area contributed by atoms with Crippen molar-refractivity contribution in [2.75, 3.05) is 0 Å². The lowest BCUT2D eigenvalue weighted by Crippen LogP contribution is -2.59. The first kappa shape index (κ1) is 22.1. The van der Waals surface area contributed by atoms with E-state index < -0.39 is 65.9 Å². The number of hydrogen-bond acceptors (Lipinski definition) is 11. The Kier molecular flexibility index (Phi) is 5.61. The Labute approximate surface area is 181 Å². The van der Waals surface area contributed by atoms with Gasteiger partial charge in [-0.2, -0.15) is 0 Å². The molecule has 7 N–H and O–H groups in total. The van der Waals surface area contributed by atoms with Crippen LogP contribution in [0.1, 0.15) is 28.9 Å². The van der Waals surface area contributed by atoms with Gasteiger partial charge in [-0.15, -0.1) is 0 Å². The Morgan fingerprint density at radius 2 is 1.59 bits per heavy atom. The summed E-state index contributed by atoms with van der Waals surface area (Å²) in [7, 11) is 0. The van der Waals surface area contributed by atoms with Crippen LogP contribution in [0.2, 0.25) is 0 Å². The number of phenols is 4. The normalized spacial score (nSPS) is 32.2. The number of benzene rings is 2. The first-order chi connectivity index (χ1) is 15.1. The van der Waals surface area contributed by atoms with Crippen molar-refractivity contribution in [3.63, 3.8) is 0 Å². The molecule has 32 heavy (non-hydrogen) atoms. The van der Waals surface area contributed by atoms with Crippen molar-refractivity contribution in [2.24, 2.45) is 0 Å². The number of aliphatic hydroxyl groups is 3. The Hall–Kier alpha value is -3.09. The molecule has 1 fully saturated rings. The van der Waals surface area contributed by atoms with Gasteiger partial charge >= 0.3 is 0 Å². The number of carbonyl (C=O) groups is 1. The molecule has 2 aromatic carbocycles. The predicted molar refractivity (Wildman–Crippen MR) is 104 cm³/mol. The molecule has 11 heteroatoms. The molecule has 7 atom stereocenters. The zero-order chi connectivity index (χ0) is 23.3. The van der Waals surface area contributed by atoms with Crippen molar-refractivity contribution in [3.8, 4) is 28.7 Å². The highest BCUT2D eigenvalue weighted by molar-refractivity contribution is 6.05. The molecular formula is C21H22O11. The molecule has 2 aromatic rings. The number of aliphatic hydroxyl groups excluding tert-OH is 3. The van der Waals surface area contributed by atoms with E-state index in [2.05, 4.69) is 0 Å². The van der Waals surface area contributed by atoms with Gasteiger partial charge < -0.3 is 50.0 Å². The molecule has 0 amide bonds. The van der Waals surface area contributed by atoms with Gasteiger partial charge in [0, 0.05) is 12.1 Å². The van der Waals surface area contributed by atoms with E-state index in [1.54, 1.807) is 0 Å². The second-order valence-electron chi connectivity index (χ2n) is 7.73. The summed E-state index contributed by atoms with van der Waals surface area (Å²) in [5, 5.41) is 69.7. The van der Waals surface area contributed by atoms with Gasteiger partial charge in [-0.05, 0) is 24.6 Å². The van der Waals surface area contributed by atoms with Gasteiger partial charge in [0.05, 0.1) is 6.10 Å². The van der Waals surface area contributed by atoms with E-state index in [0.717, 1.165) is 18.2 Å². The van der Waals surface area contributed by atoms with Crippen LogP contribution in [0, 0.1) is 0 Å². The topological polar surface area (TPSA) is 186 Å². The second-order valence-corrected chi connectivity index (χ2v) is 7.73. The van der Waals surface area contributed by atoms with Crippen molar-refractivity contribution in [3.05, 3.63) is 41.5 Å². The Balaban J connectivity index is 1.75. The fraction of sp³-hybridized carbons (Fsp3) is 0.381. The quantitative estimate of drug-likeness (QED) is 0.313. The summed E-state index contributed by atoms with van der Waals surface area (Å²) in [6.45, 7) is 1.44. The summed E-state index contributed by atoms with van der Waals surface area (Å²) < 4.78 is 16.9. The molecule has 1 saturated heterocycles. The first-order valence-corrected chi connectivity index (χ1v) is 9.72. The van der Waals surface area contributed by atoms with Crippen LogP contribution in [-0.2, 0) is 9.47 Å². The second kappa shape index (κ2) is 8.11. The number of Topliss-reactive ketones (excluding diaryl/α,β-unsaturated/α-hetero) is 1. The summed E-state index contributed by atoms with van der Waals surface area (Å²) in [5.74, 6) is -2.79. The van der Waals surface area contributed by atoms with Gasteiger partial charge in [-0.25, -0.2) is 0 Å². The summed E-state index contributed by atoms with van der Waals surface area (Å²) in [4.78, 5) is 13.3. The molecule has 0 saturated carbocycles. The number of carbonyl (C=O) groups excluding carboxylic acids is 1. The van der Waals surface area contributed by atoms with Crippen LogP contribution in [0.4, 0.5) is 0 Å². The molecule has 0 unspecified atom stereocenters. The predicted octanol–water partition coefficient (Wildman–Crippen LogP) is 0.0381. The highest BCUT2D eigenvalue weighted by Gasteiger charge is 2.48. The monoisotopic (exact) mass is 450 g/mol. The maximum Gasteiger partial charge on any atom is 0.203 e. The van der Waals surface area contributed by atoms with E-state index >= 15 is 0 Å². The van der Waals surface area contributed by atoms with Crippen LogP contribution in [0.3, 0.4) is 0 Å². The maximum atomic E-state index is 13.3. The van der Waals surface area contributed by atoms with Crippen molar-refractivity contribution in [2.45, 2.75) is 49.8 Å². The van der Waals surface area contributed by atoms with Gasteiger partial charge in [0.25, 0.3) is 0 Å².